The third-order valence-electron chi connectivity index (χ3n) is 6.47. The van der Waals surface area contributed by atoms with Crippen molar-refractivity contribution in [3.05, 3.63) is 106 Å². The quantitative estimate of drug-likeness (QED) is 0.316. The number of nitrogens with one attached hydrogen (secondary N) is 1. The number of carbonyl (C=O) groups excluding carboxylic acids is 2. The number of ether oxygens (including phenoxy) is 1. The van der Waals surface area contributed by atoms with Crippen LogP contribution in [0, 0.1) is 0 Å². The molecule has 0 saturated carbocycles. The second-order valence-electron chi connectivity index (χ2n) is 9.13. The van der Waals surface area contributed by atoms with Crippen molar-refractivity contribution >= 4 is 51.9 Å². The first-order valence-electron chi connectivity index (χ1n) is 12.2. The number of amides is 2. The Balaban J connectivity index is 1.16. The number of benzene rings is 3. The highest BCUT2D eigenvalue weighted by Gasteiger charge is 2.33. The van der Waals surface area contributed by atoms with Crippen LogP contribution in [0.2, 0.25) is 10.0 Å². The van der Waals surface area contributed by atoms with E-state index in [-0.39, 0.29) is 34.0 Å². The van der Waals surface area contributed by atoms with E-state index in [2.05, 4.69) is 10.3 Å². The van der Waals surface area contributed by atoms with Gasteiger partial charge < -0.3 is 20.1 Å². The lowest BCUT2D eigenvalue weighted by molar-refractivity contribution is -0.139. The summed E-state index contributed by atoms with van der Waals surface area (Å²) in [7, 11) is 0. The van der Waals surface area contributed by atoms with Crippen LogP contribution < -0.4 is 10.1 Å². The van der Waals surface area contributed by atoms with Crippen LogP contribution in [0.5, 0.6) is 5.75 Å². The van der Waals surface area contributed by atoms with Crippen LogP contribution in [0.15, 0.2) is 79.0 Å². The summed E-state index contributed by atoms with van der Waals surface area (Å²) in [6.45, 7) is 0.907. The smallest absolute Gasteiger partial charge is 0.326 e. The zero-order valence-corrected chi connectivity index (χ0v) is 22.0. The maximum absolute atomic E-state index is 13.0. The molecule has 0 unspecified atom stereocenters. The zero-order chi connectivity index (χ0) is 27.5. The summed E-state index contributed by atoms with van der Waals surface area (Å²) in [5.41, 5.74) is 2.10. The lowest BCUT2D eigenvalue weighted by Gasteiger charge is -2.39. The van der Waals surface area contributed by atoms with Gasteiger partial charge >= 0.3 is 5.97 Å². The molecular formula is C29H23Cl2N3O5. The van der Waals surface area contributed by atoms with E-state index in [0.29, 0.717) is 30.0 Å². The third kappa shape index (κ3) is 5.82. The fourth-order valence-electron chi connectivity index (χ4n) is 4.41. The molecule has 0 aliphatic carbocycles. The molecule has 1 aliphatic heterocycles. The van der Waals surface area contributed by atoms with E-state index in [1.807, 2.05) is 24.3 Å². The van der Waals surface area contributed by atoms with Gasteiger partial charge in [0.15, 0.2) is 0 Å². The highest BCUT2D eigenvalue weighted by molar-refractivity contribution is 6.39. The van der Waals surface area contributed by atoms with Crippen molar-refractivity contribution in [1.29, 1.82) is 0 Å². The molecule has 198 valence electrons. The molecule has 2 heterocycles. The number of carbonyl (C=O) groups is 3. The average molecular weight is 564 g/mol. The number of aliphatic carboxylic acids is 1. The van der Waals surface area contributed by atoms with Crippen molar-refractivity contribution in [2.75, 3.05) is 13.1 Å². The van der Waals surface area contributed by atoms with Crippen LogP contribution in [-0.2, 0) is 11.2 Å². The summed E-state index contributed by atoms with van der Waals surface area (Å²) in [6.07, 6.45) is 1.53. The first-order valence-corrected chi connectivity index (χ1v) is 12.9. The van der Waals surface area contributed by atoms with E-state index in [4.69, 9.17) is 27.9 Å². The molecule has 2 amide bonds. The minimum absolute atomic E-state index is 0.0287. The molecule has 8 nitrogen and oxygen atoms in total. The highest BCUT2D eigenvalue weighted by Crippen LogP contribution is 2.25. The number of para-hydroxylation sites is 1. The number of carboxylic acids is 1. The largest absolute Gasteiger partial charge is 0.487 e. The van der Waals surface area contributed by atoms with E-state index < -0.39 is 17.9 Å². The molecule has 4 aromatic rings. The van der Waals surface area contributed by atoms with Crippen molar-refractivity contribution in [3.63, 3.8) is 0 Å². The Hall–Kier alpha value is -4.14. The van der Waals surface area contributed by atoms with Gasteiger partial charge in [0.1, 0.15) is 17.9 Å². The van der Waals surface area contributed by atoms with E-state index >= 15 is 0 Å². The van der Waals surface area contributed by atoms with Crippen LogP contribution in [0.3, 0.4) is 0 Å². The second-order valence-corrected chi connectivity index (χ2v) is 9.95. The van der Waals surface area contributed by atoms with Crippen LogP contribution >= 0.6 is 23.2 Å². The SMILES string of the molecule is O=C(N[C@@H](Cc1ccc(OC2CN(C(=O)c3ccnc4ccccc34)C2)cc1)C(=O)O)c1c(Cl)cccc1Cl. The third-order valence-corrected chi connectivity index (χ3v) is 7.10. The van der Waals surface area contributed by atoms with Crippen molar-refractivity contribution < 1.29 is 24.2 Å². The summed E-state index contributed by atoms with van der Waals surface area (Å²) >= 11 is 12.1. The number of aromatic nitrogens is 1. The molecule has 1 atom stereocenters. The highest BCUT2D eigenvalue weighted by atomic mass is 35.5. The summed E-state index contributed by atoms with van der Waals surface area (Å²) < 4.78 is 5.99. The molecule has 1 fully saturated rings. The van der Waals surface area contributed by atoms with Crippen molar-refractivity contribution in [1.82, 2.24) is 15.2 Å². The Morgan fingerprint density at radius 3 is 2.36 bits per heavy atom. The van der Waals surface area contributed by atoms with E-state index in [1.165, 1.54) is 12.1 Å². The number of hydrogen-bond donors (Lipinski definition) is 2. The number of nitrogens with zero attached hydrogens (tertiary/aromatic N) is 2. The van der Waals surface area contributed by atoms with Gasteiger partial charge in [-0.1, -0.05) is 59.6 Å². The van der Waals surface area contributed by atoms with Gasteiger partial charge in [-0.15, -0.1) is 0 Å². The minimum atomic E-state index is -1.19. The molecule has 0 spiro atoms. The fourth-order valence-corrected chi connectivity index (χ4v) is 4.98. The molecular weight excluding hydrogens is 541 g/mol. The molecule has 1 aromatic heterocycles. The average Bonchev–Trinajstić information content (AvgIpc) is 2.90. The fraction of sp³-hybridized carbons (Fsp3) is 0.172. The number of pyridine rings is 1. The molecule has 1 saturated heterocycles. The first-order chi connectivity index (χ1) is 18.8. The van der Waals surface area contributed by atoms with Crippen LogP contribution in [0.25, 0.3) is 10.9 Å². The van der Waals surface area contributed by atoms with E-state index in [0.717, 1.165) is 10.9 Å². The van der Waals surface area contributed by atoms with Crippen LogP contribution in [-0.4, -0.2) is 58.0 Å². The number of likely N-dealkylation sites (tertiary alicyclic amines) is 1. The lowest BCUT2D eigenvalue weighted by atomic mass is 10.0. The summed E-state index contributed by atoms with van der Waals surface area (Å²) in [6, 6.07) is 19.6. The van der Waals surface area contributed by atoms with E-state index in [1.54, 1.807) is 47.5 Å². The predicted octanol–water partition coefficient (Wildman–Crippen LogP) is 4.87. The monoisotopic (exact) mass is 563 g/mol. The number of halogens is 2. The molecule has 39 heavy (non-hydrogen) atoms. The van der Waals surface area contributed by atoms with Crippen LogP contribution in [0.4, 0.5) is 0 Å². The van der Waals surface area contributed by atoms with Gasteiger partial charge in [-0.2, -0.15) is 0 Å². The van der Waals surface area contributed by atoms with Gasteiger partial charge in [-0.25, -0.2) is 4.79 Å². The van der Waals surface area contributed by atoms with Crippen molar-refractivity contribution in [2.24, 2.45) is 0 Å². The number of hydrogen-bond acceptors (Lipinski definition) is 5. The van der Waals surface area contributed by atoms with Crippen LogP contribution in [0.1, 0.15) is 26.3 Å². The van der Waals surface area contributed by atoms with Gasteiger partial charge in [0.2, 0.25) is 0 Å². The Labute approximate surface area is 234 Å². The van der Waals surface area contributed by atoms with Crippen molar-refractivity contribution in [3.8, 4) is 5.75 Å². The molecule has 0 radical (unpaired) electrons. The van der Waals surface area contributed by atoms with Gasteiger partial charge in [-0.05, 0) is 42.0 Å². The minimum Gasteiger partial charge on any atom is -0.487 e. The normalized spacial score (nSPS) is 13.9. The van der Waals surface area contributed by atoms with Gasteiger partial charge in [0.25, 0.3) is 11.8 Å². The lowest BCUT2D eigenvalue weighted by Crippen LogP contribution is -2.56. The summed E-state index contributed by atoms with van der Waals surface area (Å²) in [5, 5.41) is 13.2. The van der Waals surface area contributed by atoms with Gasteiger partial charge in [-0.3, -0.25) is 14.6 Å². The molecule has 0 bridgehead atoms. The predicted molar refractivity (Wildman–Crippen MR) is 148 cm³/mol. The Kier molecular flexibility index (Phi) is 7.67. The Morgan fingerprint density at radius 2 is 1.67 bits per heavy atom. The molecule has 5 rings (SSSR count). The number of rotatable bonds is 8. The number of fused-ring (bicyclic) bond motifs is 1. The number of carboxylic acid groups (broad SMARTS) is 1. The topological polar surface area (TPSA) is 109 Å². The molecule has 10 heteroatoms. The standard InChI is InChI=1S/C29H23Cl2N3O5/c30-22-5-3-6-23(31)26(22)27(35)33-25(29(37)38)14-17-8-10-18(11-9-17)39-19-15-34(16-19)28(36)21-12-13-32-24-7-2-1-4-20(21)24/h1-13,19,25H,14-16H2,(H,33,35)(H,37,38)/t25-/m0/s1. The Bertz CT molecular complexity index is 1530. The first kappa shape index (κ1) is 26.5. The second kappa shape index (κ2) is 11.3. The Morgan fingerprint density at radius 1 is 0.974 bits per heavy atom. The molecule has 2 N–H and O–H groups in total. The summed E-state index contributed by atoms with van der Waals surface area (Å²) in [4.78, 5) is 43.5. The van der Waals surface area contributed by atoms with Gasteiger partial charge in [0.05, 0.1) is 39.8 Å². The van der Waals surface area contributed by atoms with E-state index in [9.17, 15) is 19.5 Å². The summed E-state index contributed by atoms with van der Waals surface area (Å²) in [5.74, 6) is -1.32. The molecule has 3 aromatic carbocycles. The maximum Gasteiger partial charge on any atom is 0.326 e. The maximum atomic E-state index is 13.0. The van der Waals surface area contributed by atoms with Gasteiger partial charge in [0, 0.05) is 18.0 Å². The molecule has 1 aliphatic rings. The zero-order valence-electron chi connectivity index (χ0n) is 20.5. The van der Waals surface area contributed by atoms with Crippen molar-refractivity contribution in [2.45, 2.75) is 18.6 Å².